The Balaban J connectivity index is 0. The summed E-state index contributed by atoms with van der Waals surface area (Å²) in [5, 5.41) is 0. The van der Waals surface area contributed by atoms with Gasteiger partial charge in [-0.2, -0.15) is 0 Å². The summed E-state index contributed by atoms with van der Waals surface area (Å²) in [6, 6.07) is 0. The summed E-state index contributed by atoms with van der Waals surface area (Å²) in [4.78, 5) is 0. The third-order valence-electron chi connectivity index (χ3n) is 1.53. The van der Waals surface area contributed by atoms with Crippen LogP contribution in [-0.4, -0.2) is 28.7 Å². The van der Waals surface area contributed by atoms with Crippen LogP contribution in [0, 0.1) is 0 Å². The molecule has 0 N–H and O–H groups in total. The molecule has 0 atom stereocenters. The van der Waals surface area contributed by atoms with Crippen molar-refractivity contribution >= 4 is 7.32 Å². The molecule has 4 heteroatoms. The van der Waals surface area contributed by atoms with Gasteiger partial charge in [0.05, 0.1) is 0 Å². The Hall–Kier alpha value is -0.0551. The van der Waals surface area contributed by atoms with E-state index in [4.69, 9.17) is 0 Å². The van der Waals surface area contributed by atoms with Crippen molar-refractivity contribution in [3.8, 4) is 0 Å². The molecule has 0 aromatic carbocycles. The Morgan fingerprint density at radius 3 is 1.15 bits per heavy atom. The monoisotopic (exact) mass is 190 g/mol. The molecule has 0 spiro atoms. The van der Waals surface area contributed by atoms with Gasteiger partial charge in [-0.3, -0.25) is 0 Å². The smallest absolute Gasteiger partial charge is 0.389 e. The number of hydrogen-bond acceptors (Lipinski definition) is 3. The van der Waals surface area contributed by atoms with Gasteiger partial charge in [-0.1, -0.05) is 39.5 Å². The molecule has 3 nitrogen and oxygen atoms in total. The van der Waals surface area contributed by atoms with Crippen LogP contribution in [0.1, 0.15) is 39.5 Å². The van der Waals surface area contributed by atoms with E-state index in [0.29, 0.717) is 0 Å². The molecule has 0 saturated carbocycles. The van der Waals surface area contributed by atoms with E-state index in [1.165, 1.54) is 47.0 Å². The van der Waals surface area contributed by atoms with E-state index in [-0.39, 0.29) is 0 Å². The lowest BCUT2D eigenvalue weighted by Gasteiger charge is -2.01. The van der Waals surface area contributed by atoms with E-state index in [1.807, 2.05) is 0 Å². The summed E-state index contributed by atoms with van der Waals surface area (Å²) in [5.74, 6) is 0. The van der Waals surface area contributed by atoms with Gasteiger partial charge in [0.2, 0.25) is 0 Å². The first kappa shape index (κ1) is 15.4. The summed E-state index contributed by atoms with van der Waals surface area (Å²) in [6.07, 6.45) is 5.54. The second-order valence-electron chi connectivity index (χ2n) is 2.70. The van der Waals surface area contributed by atoms with Crippen molar-refractivity contribution in [2.45, 2.75) is 39.5 Å². The highest BCUT2D eigenvalue weighted by molar-refractivity contribution is 6.36. The van der Waals surface area contributed by atoms with Gasteiger partial charge < -0.3 is 14.0 Å². The topological polar surface area (TPSA) is 27.7 Å². The van der Waals surface area contributed by atoms with E-state index in [1.54, 1.807) is 0 Å². The van der Waals surface area contributed by atoms with Gasteiger partial charge >= 0.3 is 7.32 Å². The van der Waals surface area contributed by atoms with E-state index in [0.717, 1.165) is 0 Å². The second kappa shape index (κ2) is 14.5. The van der Waals surface area contributed by atoms with Crippen LogP contribution in [-0.2, 0) is 14.0 Å². The summed E-state index contributed by atoms with van der Waals surface area (Å²) < 4.78 is 13.8. The molecule has 0 saturated heterocycles. The molecule has 80 valence electrons. The molecular weight excluding hydrogens is 167 g/mol. The average Bonchev–Trinajstić information content (AvgIpc) is 2.18. The molecule has 0 aliphatic rings. The summed E-state index contributed by atoms with van der Waals surface area (Å²) >= 11 is 0. The molecule has 0 fully saturated rings. The van der Waals surface area contributed by atoms with Crippen LogP contribution < -0.4 is 0 Å². The Labute approximate surface area is 82.9 Å². The minimum atomic E-state index is -0.514. The van der Waals surface area contributed by atoms with Gasteiger partial charge in [0.1, 0.15) is 0 Å². The van der Waals surface area contributed by atoms with Crippen LogP contribution in [0.5, 0.6) is 0 Å². The highest BCUT2D eigenvalue weighted by atomic mass is 16.7. The van der Waals surface area contributed by atoms with Crippen LogP contribution in [0.3, 0.4) is 0 Å². The van der Waals surface area contributed by atoms with E-state index in [9.17, 15) is 0 Å². The molecule has 0 rings (SSSR count). The number of rotatable bonds is 6. The fourth-order valence-corrected chi connectivity index (χ4v) is 0.789. The average molecular weight is 190 g/mol. The lowest BCUT2D eigenvalue weighted by Crippen LogP contribution is -2.21. The van der Waals surface area contributed by atoms with Crippen molar-refractivity contribution in [2.24, 2.45) is 0 Å². The van der Waals surface area contributed by atoms with Crippen LogP contribution in [0.25, 0.3) is 0 Å². The standard InChI is InChI=1S/C6H14.C3H9BO3/c1-3-5-6-4-2;1-5-4(6-2)7-3/h3-6H2,1-2H3;1-3H3. The van der Waals surface area contributed by atoms with Crippen molar-refractivity contribution in [3.05, 3.63) is 0 Å². The Bertz CT molecular complexity index is 67.8. The largest absolute Gasteiger partial charge is 0.638 e. The zero-order valence-corrected chi connectivity index (χ0v) is 9.63. The molecule has 0 radical (unpaired) electrons. The molecular formula is C9H23BO3. The van der Waals surface area contributed by atoms with Crippen LogP contribution in [0.15, 0.2) is 0 Å². The van der Waals surface area contributed by atoms with E-state index >= 15 is 0 Å². The molecule has 0 heterocycles. The third kappa shape index (κ3) is 14.8. The van der Waals surface area contributed by atoms with Crippen molar-refractivity contribution in [3.63, 3.8) is 0 Å². The number of hydrogen-bond donors (Lipinski definition) is 0. The molecule has 0 amide bonds. The van der Waals surface area contributed by atoms with Gasteiger partial charge in [-0.05, 0) is 0 Å². The lowest BCUT2D eigenvalue weighted by atomic mass is 10.2. The molecule has 0 unspecified atom stereocenters. The maximum atomic E-state index is 4.60. The third-order valence-corrected chi connectivity index (χ3v) is 1.53. The van der Waals surface area contributed by atoms with Crippen molar-refractivity contribution < 1.29 is 14.0 Å². The zero-order valence-electron chi connectivity index (χ0n) is 9.63. The lowest BCUT2D eigenvalue weighted by molar-refractivity contribution is 0.163. The minimum absolute atomic E-state index is 0.514. The van der Waals surface area contributed by atoms with Gasteiger partial charge in [0, 0.05) is 21.3 Å². The Morgan fingerprint density at radius 2 is 1.08 bits per heavy atom. The van der Waals surface area contributed by atoms with Crippen molar-refractivity contribution in [2.75, 3.05) is 21.3 Å². The summed E-state index contributed by atoms with van der Waals surface area (Å²) in [5.41, 5.74) is 0. The van der Waals surface area contributed by atoms with Gasteiger partial charge in [-0.15, -0.1) is 0 Å². The first-order valence-corrected chi connectivity index (χ1v) is 4.85. The van der Waals surface area contributed by atoms with Crippen molar-refractivity contribution in [1.29, 1.82) is 0 Å². The zero-order chi connectivity index (χ0) is 10.5. The van der Waals surface area contributed by atoms with Crippen LogP contribution >= 0.6 is 0 Å². The summed E-state index contributed by atoms with van der Waals surface area (Å²) in [7, 11) is 4.02. The normalized spacial score (nSPS) is 9.00. The Morgan fingerprint density at radius 1 is 0.769 bits per heavy atom. The van der Waals surface area contributed by atoms with Gasteiger partial charge in [0.25, 0.3) is 0 Å². The minimum Gasteiger partial charge on any atom is -0.389 e. The highest BCUT2D eigenvalue weighted by Crippen LogP contribution is 1.95. The predicted molar refractivity (Wildman–Crippen MR) is 56.6 cm³/mol. The molecule has 0 aliphatic heterocycles. The SMILES string of the molecule is CCCCCC.COB(OC)OC. The first-order chi connectivity index (χ1) is 6.26. The first-order valence-electron chi connectivity index (χ1n) is 4.85. The van der Waals surface area contributed by atoms with Crippen LogP contribution in [0.2, 0.25) is 0 Å². The maximum Gasteiger partial charge on any atom is 0.638 e. The molecule has 0 aromatic heterocycles. The van der Waals surface area contributed by atoms with Gasteiger partial charge in [0.15, 0.2) is 0 Å². The highest BCUT2D eigenvalue weighted by Gasteiger charge is 2.12. The fraction of sp³-hybridized carbons (Fsp3) is 1.00. The quantitative estimate of drug-likeness (QED) is 0.475. The summed E-state index contributed by atoms with van der Waals surface area (Å²) in [6.45, 7) is 4.46. The Kier molecular flexibility index (Phi) is 17.2. The molecule has 0 aromatic rings. The molecule has 0 aliphatic carbocycles. The molecule has 0 bridgehead atoms. The number of unbranched alkanes of at least 4 members (excludes halogenated alkanes) is 3. The predicted octanol–water partition coefficient (Wildman–Crippen LogP) is 2.50. The molecule has 13 heavy (non-hydrogen) atoms. The van der Waals surface area contributed by atoms with Gasteiger partial charge in [-0.25, -0.2) is 0 Å². The van der Waals surface area contributed by atoms with E-state index < -0.39 is 7.32 Å². The second-order valence-corrected chi connectivity index (χ2v) is 2.70. The van der Waals surface area contributed by atoms with E-state index in [2.05, 4.69) is 27.8 Å². The fourth-order valence-electron chi connectivity index (χ4n) is 0.789. The van der Waals surface area contributed by atoms with Crippen LogP contribution in [0.4, 0.5) is 0 Å². The maximum absolute atomic E-state index is 4.60. The van der Waals surface area contributed by atoms with Crippen molar-refractivity contribution in [1.82, 2.24) is 0 Å².